The summed E-state index contributed by atoms with van der Waals surface area (Å²) in [5.41, 5.74) is 2.61. The Morgan fingerprint density at radius 3 is 2.90 bits per heavy atom. The molecule has 2 aromatic rings. The average Bonchev–Trinajstić information content (AvgIpc) is 2.95. The Labute approximate surface area is 123 Å². The number of hydrogen-bond donors (Lipinski definition) is 1. The summed E-state index contributed by atoms with van der Waals surface area (Å²) in [4.78, 5) is 1.43. The largest absolute Gasteiger partial charge is 0.486 e. The van der Waals surface area contributed by atoms with E-state index >= 15 is 0 Å². The van der Waals surface area contributed by atoms with E-state index in [0.717, 1.165) is 36.6 Å². The van der Waals surface area contributed by atoms with Crippen LogP contribution in [0.4, 0.5) is 0 Å². The molecule has 0 unspecified atom stereocenters. The van der Waals surface area contributed by atoms with Crippen LogP contribution in [0.15, 0.2) is 29.6 Å². The van der Waals surface area contributed by atoms with E-state index < -0.39 is 0 Å². The van der Waals surface area contributed by atoms with E-state index in [1.165, 1.54) is 10.4 Å². The summed E-state index contributed by atoms with van der Waals surface area (Å²) in [6, 6.07) is 8.29. The molecule has 3 rings (SSSR count). The topological polar surface area (TPSA) is 30.5 Å². The fourth-order valence-electron chi connectivity index (χ4n) is 2.42. The van der Waals surface area contributed by atoms with Gasteiger partial charge in [0.2, 0.25) is 0 Å². The molecule has 1 aliphatic heterocycles. The molecule has 2 heterocycles. The van der Waals surface area contributed by atoms with Gasteiger partial charge in [-0.3, -0.25) is 0 Å². The van der Waals surface area contributed by atoms with Crippen molar-refractivity contribution in [2.24, 2.45) is 0 Å². The Hall–Kier alpha value is -1.52. The van der Waals surface area contributed by atoms with Crippen LogP contribution >= 0.6 is 11.3 Å². The summed E-state index contributed by atoms with van der Waals surface area (Å²) in [5.74, 6) is 1.76. The highest BCUT2D eigenvalue weighted by molar-refractivity contribution is 7.10. The zero-order valence-electron chi connectivity index (χ0n) is 11.6. The Kier molecular flexibility index (Phi) is 4.23. The van der Waals surface area contributed by atoms with Gasteiger partial charge in [0.1, 0.15) is 13.2 Å². The van der Waals surface area contributed by atoms with Crippen molar-refractivity contribution in [1.29, 1.82) is 0 Å². The first-order valence-electron chi connectivity index (χ1n) is 7.02. The number of fused-ring (bicyclic) bond motifs is 1. The molecule has 0 saturated carbocycles. The van der Waals surface area contributed by atoms with E-state index in [2.05, 4.69) is 29.8 Å². The van der Waals surface area contributed by atoms with Crippen molar-refractivity contribution < 1.29 is 9.47 Å². The molecule has 1 aliphatic rings. The van der Waals surface area contributed by atoms with E-state index in [1.807, 2.05) is 23.5 Å². The molecule has 0 aliphatic carbocycles. The van der Waals surface area contributed by atoms with Crippen molar-refractivity contribution in [2.75, 3.05) is 13.2 Å². The smallest absolute Gasteiger partial charge is 0.165 e. The lowest BCUT2D eigenvalue weighted by atomic mass is 10.1. The molecule has 0 atom stereocenters. The quantitative estimate of drug-likeness (QED) is 0.915. The normalized spacial score (nSPS) is 13.4. The van der Waals surface area contributed by atoms with E-state index in [1.54, 1.807) is 0 Å². The minimum Gasteiger partial charge on any atom is -0.486 e. The van der Waals surface area contributed by atoms with Gasteiger partial charge < -0.3 is 14.8 Å². The van der Waals surface area contributed by atoms with E-state index in [9.17, 15) is 0 Å². The van der Waals surface area contributed by atoms with Crippen molar-refractivity contribution in [1.82, 2.24) is 5.32 Å². The summed E-state index contributed by atoms with van der Waals surface area (Å²) in [7, 11) is 0. The average molecular weight is 289 g/mol. The molecular formula is C16H19NO2S. The Morgan fingerprint density at radius 1 is 1.10 bits per heavy atom. The Morgan fingerprint density at radius 2 is 2.00 bits per heavy atom. The molecule has 0 fully saturated rings. The Bertz CT molecular complexity index is 580. The van der Waals surface area contributed by atoms with Gasteiger partial charge >= 0.3 is 0 Å². The number of hydrogen-bond acceptors (Lipinski definition) is 4. The first kappa shape index (κ1) is 13.5. The van der Waals surface area contributed by atoms with Crippen LogP contribution in [0.3, 0.4) is 0 Å². The Balaban J connectivity index is 1.64. The highest BCUT2D eigenvalue weighted by atomic mass is 32.1. The molecule has 0 spiro atoms. The summed E-state index contributed by atoms with van der Waals surface area (Å²) in [6.07, 6.45) is 1.10. The third-order valence-corrected chi connectivity index (χ3v) is 4.43. The molecule has 1 aromatic heterocycles. The second kappa shape index (κ2) is 6.29. The molecule has 20 heavy (non-hydrogen) atoms. The van der Waals surface area contributed by atoms with E-state index in [-0.39, 0.29) is 0 Å². The highest BCUT2D eigenvalue weighted by Gasteiger charge is 2.15. The zero-order valence-corrected chi connectivity index (χ0v) is 12.5. The predicted octanol–water partition coefficient (Wildman–Crippen LogP) is 3.37. The lowest BCUT2D eigenvalue weighted by Gasteiger charge is -2.21. The van der Waals surface area contributed by atoms with Crippen molar-refractivity contribution in [2.45, 2.75) is 26.4 Å². The van der Waals surface area contributed by atoms with Crippen LogP contribution in [0.1, 0.15) is 22.9 Å². The maximum atomic E-state index is 5.72. The fourth-order valence-corrected chi connectivity index (χ4v) is 3.37. The lowest BCUT2D eigenvalue weighted by molar-refractivity contribution is 0.169. The number of ether oxygens (including phenoxy) is 2. The predicted molar refractivity (Wildman–Crippen MR) is 81.7 cm³/mol. The van der Waals surface area contributed by atoms with Gasteiger partial charge in [-0.15, -0.1) is 11.3 Å². The van der Waals surface area contributed by atoms with Crippen LogP contribution in [0.5, 0.6) is 11.5 Å². The van der Waals surface area contributed by atoms with Crippen LogP contribution in [-0.4, -0.2) is 13.2 Å². The number of benzene rings is 1. The van der Waals surface area contributed by atoms with Gasteiger partial charge in [0.15, 0.2) is 11.5 Å². The number of para-hydroxylation sites is 1. The molecule has 3 nitrogen and oxygen atoms in total. The lowest BCUT2D eigenvalue weighted by Crippen LogP contribution is -2.19. The molecule has 0 radical (unpaired) electrons. The molecule has 0 saturated heterocycles. The van der Waals surface area contributed by atoms with Crippen LogP contribution in [0.2, 0.25) is 0 Å². The maximum Gasteiger partial charge on any atom is 0.165 e. The van der Waals surface area contributed by atoms with Crippen molar-refractivity contribution in [3.63, 3.8) is 0 Å². The molecule has 0 bridgehead atoms. The van der Waals surface area contributed by atoms with Gasteiger partial charge in [-0.2, -0.15) is 0 Å². The van der Waals surface area contributed by atoms with Crippen LogP contribution in [0, 0.1) is 0 Å². The number of nitrogens with one attached hydrogen (secondary N) is 1. The van der Waals surface area contributed by atoms with Crippen LogP contribution < -0.4 is 14.8 Å². The SMILES string of the molecule is CCc1ccsc1CNCc1cccc2c1OCCO2. The van der Waals surface area contributed by atoms with Gasteiger partial charge in [0.05, 0.1) is 0 Å². The number of aryl methyl sites for hydroxylation is 1. The second-order valence-electron chi connectivity index (χ2n) is 4.77. The van der Waals surface area contributed by atoms with Gasteiger partial charge in [0.25, 0.3) is 0 Å². The number of thiophene rings is 1. The van der Waals surface area contributed by atoms with Crippen molar-refractivity contribution in [3.8, 4) is 11.5 Å². The standard InChI is InChI=1S/C16H19NO2S/c1-2-12-6-9-20-15(12)11-17-10-13-4-3-5-14-16(13)19-8-7-18-14/h3-6,9,17H,2,7-8,10-11H2,1H3. The van der Waals surface area contributed by atoms with Crippen molar-refractivity contribution in [3.05, 3.63) is 45.6 Å². The third kappa shape index (κ3) is 2.81. The van der Waals surface area contributed by atoms with Crippen molar-refractivity contribution >= 4 is 11.3 Å². The summed E-state index contributed by atoms with van der Waals surface area (Å²) < 4.78 is 11.3. The second-order valence-corrected chi connectivity index (χ2v) is 5.77. The fraction of sp³-hybridized carbons (Fsp3) is 0.375. The first-order chi connectivity index (χ1) is 9.88. The summed E-state index contributed by atoms with van der Waals surface area (Å²) in [6.45, 7) is 5.18. The zero-order chi connectivity index (χ0) is 13.8. The molecule has 0 amide bonds. The highest BCUT2D eigenvalue weighted by Crippen LogP contribution is 2.33. The van der Waals surface area contributed by atoms with E-state index in [0.29, 0.717) is 13.2 Å². The summed E-state index contributed by atoms with van der Waals surface area (Å²) in [5, 5.41) is 5.67. The summed E-state index contributed by atoms with van der Waals surface area (Å²) >= 11 is 1.82. The molecule has 1 N–H and O–H groups in total. The molecule has 4 heteroatoms. The van der Waals surface area contributed by atoms with Crippen LogP contribution in [-0.2, 0) is 19.5 Å². The van der Waals surface area contributed by atoms with Gasteiger partial charge in [-0.1, -0.05) is 19.1 Å². The molecule has 1 aromatic carbocycles. The van der Waals surface area contributed by atoms with Gasteiger partial charge in [-0.05, 0) is 29.5 Å². The molecule has 106 valence electrons. The van der Waals surface area contributed by atoms with Gasteiger partial charge in [0, 0.05) is 23.5 Å². The van der Waals surface area contributed by atoms with E-state index in [4.69, 9.17) is 9.47 Å². The van der Waals surface area contributed by atoms with Gasteiger partial charge in [-0.25, -0.2) is 0 Å². The minimum absolute atomic E-state index is 0.634. The third-order valence-electron chi connectivity index (χ3n) is 3.47. The monoisotopic (exact) mass is 289 g/mol. The van der Waals surface area contributed by atoms with Crippen LogP contribution in [0.25, 0.3) is 0 Å². The maximum absolute atomic E-state index is 5.72. The molecular weight excluding hydrogens is 270 g/mol. The minimum atomic E-state index is 0.634. The first-order valence-corrected chi connectivity index (χ1v) is 7.90. The number of rotatable bonds is 5.